The molecule has 3 rings (SSSR count). The Labute approximate surface area is 160 Å². The van der Waals surface area contributed by atoms with Gasteiger partial charge in [-0.05, 0) is 55.9 Å². The lowest BCUT2D eigenvalue weighted by Gasteiger charge is -2.23. The molecule has 0 fully saturated rings. The maximum Gasteiger partial charge on any atom is 0.355 e. The van der Waals surface area contributed by atoms with E-state index in [0.717, 1.165) is 29.8 Å². The van der Waals surface area contributed by atoms with Crippen molar-refractivity contribution in [2.75, 3.05) is 19.0 Å². The number of hydrogen-bond acceptors (Lipinski definition) is 4. The summed E-state index contributed by atoms with van der Waals surface area (Å²) < 4.78 is 5.44. The third-order valence-electron chi connectivity index (χ3n) is 5.46. The van der Waals surface area contributed by atoms with Crippen LogP contribution in [0.5, 0.6) is 0 Å². The molecule has 1 aliphatic carbocycles. The van der Waals surface area contributed by atoms with E-state index in [4.69, 9.17) is 4.74 Å². The van der Waals surface area contributed by atoms with Gasteiger partial charge in [-0.25, -0.2) is 4.79 Å². The summed E-state index contributed by atoms with van der Waals surface area (Å²) in [5.41, 5.74) is 4.93. The summed E-state index contributed by atoms with van der Waals surface area (Å²) in [4.78, 5) is 30.5. The number of benzene rings is 1. The van der Waals surface area contributed by atoms with E-state index in [-0.39, 0.29) is 23.8 Å². The molecule has 2 atom stereocenters. The third kappa shape index (κ3) is 3.77. The molecule has 0 aliphatic heterocycles. The van der Waals surface area contributed by atoms with E-state index in [1.807, 2.05) is 34.9 Å². The van der Waals surface area contributed by atoms with Gasteiger partial charge in [0, 0.05) is 37.5 Å². The Hall–Kier alpha value is -2.56. The van der Waals surface area contributed by atoms with Gasteiger partial charge in [-0.2, -0.15) is 0 Å². The first-order valence-electron chi connectivity index (χ1n) is 9.54. The van der Waals surface area contributed by atoms with Crippen molar-refractivity contribution in [2.24, 2.45) is 0 Å². The van der Waals surface area contributed by atoms with Crippen LogP contribution in [0.25, 0.3) is 0 Å². The highest BCUT2D eigenvalue weighted by Gasteiger charge is 2.32. The number of ether oxygens (including phenoxy) is 1. The van der Waals surface area contributed by atoms with E-state index in [1.54, 1.807) is 0 Å². The van der Waals surface area contributed by atoms with E-state index in [2.05, 4.69) is 34.1 Å². The lowest BCUT2D eigenvalue weighted by molar-refractivity contribution is 0.0327. The summed E-state index contributed by atoms with van der Waals surface area (Å²) in [5.74, 6) is -0.164. The minimum atomic E-state index is -0.379. The van der Waals surface area contributed by atoms with Gasteiger partial charge in [-0.1, -0.05) is 19.1 Å². The zero-order chi connectivity index (χ0) is 19.7. The molecular formula is C22H28N2O3. The Kier molecular flexibility index (Phi) is 5.40. The Morgan fingerprint density at radius 3 is 2.52 bits per heavy atom. The predicted octanol–water partition coefficient (Wildman–Crippen LogP) is 4.26. The van der Waals surface area contributed by atoms with Crippen LogP contribution in [0.4, 0.5) is 5.69 Å². The summed E-state index contributed by atoms with van der Waals surface area (Å²) >= 11 is 0. The van der Waals surface area contributed by atoms with Crippen molar-refractivity contribution in [3.63, 3.8) is 0 Å². The van der Waals surface area contributed by atoms with Crippen molar-refractivity contribution in [3.8, 4) is 0 Å². The minimum Gasteiger partial charge on any atom is -0.458 e. The number of H-pyrrole nitrogens is 1. The average molecular weight is 368 g/mol. The van der Waals surface area contributed by atoms with Crippen LogP contribution in [0, 0.1) is 6.92 Å². The number of nitrogens with zero attached hydrogens (tertiary/aromatic N) is 1. The van der Waals surface area contributed by atoms with Crippen molar-refractivity contribution in [1.29, 1.82) is 0 Å². The predicted molar refractivity (Wildman–Crippen MR) is 107 cm³/mol. The zero-order valence-corrected chi connectivity index (χ0v) is 16.8. The molecule has 1 aromatic heterocycles. The van der Waals surface area contributed by atoms with E-state index >= 15 is 0 Å². The van der Waals surface area contributed by atoms with E-state index in [9.17, 15) is 9.59 Å². The number of rotatable bonds is 5. The second-order valence-electron chi connectivity index (χ2n) is 7.62. The second-order valence-corrected chi connectivity index (χ2v) is 7.62. The first-order valence-corrected chi connectivity index (χ1v) is 9.54. The lowest BCUT2D eigenvalue weighted by atomic mass is 9.81. The van der Waals surface area contributed by atoms with Crippen LogP contribution in [0.3, 0.4) is 0 Å². The van der Waals surface area contributed by atoms with Gasteiger partial charge in [0.25, 0.3) is 0 Å². The molecule has 0 spiro atoms. The number of ketones is 1. The van der Waals surface area contributed by atoms with Gasteiger partial charge in [0.05, 0.1) is 6.10 Å². The quantitative estimate of drug-likeness (QED) is 0.801. The largest absolute Gasteiger partial charge is 0.458 e. The molecule has 0 amide bonds. The highest BCUT2D eigenvalue weighted by atomic mass is 16.5. The highest BCUT2D eigenvalue weighted by Crippen LogP contribution is 2.35. The number of fused-ring (bicyclic) bond motifs is 1. The fourth-order valence-electron chi connectivity index (χ4n) is 3.64. The van der Waals surface area contributed by atoms with Gasteiger partial charge >= 0.3 is 5.97 Å². The van der Waals surface area contributed by atoms with Gasteiger partial charge < -0.3 is 14.6 Å². The number of nitrogens with one attached hydrogen (secondary N) is 1. The Balaban J connectivity index is 1.86. The lowest BCUT2D eigenvalue weighted by Crippen LogP contribution is -2.18. The van der Waals surface area contributed by atoms with Gasteiger partial charge in [-0.15, -0.1) is 0 Å². The van der Waals surface area contributed by atoms with Crippen LogP contribution >= 0.6 is 0 Å². The van der Waals surface area contributed by atoms with Crippen LogP contribution in [0.15, 0.2) is 24.3 Å². The Bertz CT molecular complexity index is 849. The maximum absolute atomic E-state index is 12.8. The molecule has 1 heterocycles. The number of esters is 1. The number of hydrogen-bond donors (Lipinski definition) is 1. The van der Waals surface area contributed by atoms with Gasteiger partial charge in [0.1, 0.15) is 5.69 Å². The van der Waals surface area contributed by atoms with Crippen LogP contribution < -0.4 is 4.90 Å². The maximum atomic E-state index is 12.8. The molecule has 1 N–H and O–H groups in total. The van der Waals surface area contributed by atoms with Crippen LogP contribution in [0.1, 0.15) is 70.3 Å². The average Bonchev–Trinajstić information content (AvgIpc) is 2.98. The van der Waals surface area contributed by atoms with Gasteiger partial charge in [0.15, 0.2) is 5.78 Å². The molecule has 5 nitrogen and oxygen atoms in total. The zero-order valence-electron chi connectivity index (χ0n) is 16.8. The van der Waals surface area contributed by atoms with Crippen molar-refractivity contribution < 1.29 is 14.3 Å². The van der Waals surface area contributed by atoms with Gasteiger partial charge in [0.2, 0.25) is 0 Å². The highest BCUT2D eigenvalue weighted by molar-refractivity contribution is 6.03. The Morgan fingerprint density at radius 2 is 1.93 bits per heavy atom. The monoisotopic (exact) mass is 368 g/mol. The van der Waals surface area contributed by atoms with Crippen molar-refractivity contribution in [1.82, 2.24) is 4.98 Å². The topological polar surface area (TPSA) is 62.4 Å². The first-order chi connectivity index (χ1) is 12.8. The standard InChI is InChI=1S/C22H28N2O3/c1-6-13(2)27-22(26)21-14(3)20-18(23-21)11-16(12-19(20)25)15-7-9-17(10-8-15)24(4)5/h7-10,13,16,23H,6,11-12H2,1-5H3/t13-,16+/m0/s1. The third-order valence-corrected chi connectivity index (χ3v) is 5.46. The SMILES string of the molecule is CC[C@H](C)OC(=O)c1[nH]c2c(c1C)C(=O)C[C@H](c1ccc(N(C)C)cc1)C2. The van der Waals surface area contributed by atoms with E-state index in [1.165, 1.54) is 0 Å². The number of carbonyl (C=O) groups is 2. The summed E-state index contributed by atoms with van der Waals surface area (Å²) in [6, 6.07) is 8.33. The fourth-order valence-corrected chi connectivity index (χ4v) is 3.64. The molecule has 0 bridgehead atoms. The fraction of sp³-hybridized carbons (Fsp3) is 0.455. The molecule has 144 valence electrons. The first kappa shape index (κ1) is 19.2. The molecule has 0 saturated carbocycles. The number of anilines is 1. The minimum absolute atomic E-state index is 0.0919. The van der Waals surface area contributed by atoms with Crippen molar-refractivity contribution in [2.45, 2.75) is 52.1 Å². The second kappa shape index (κ2) is 7.59. The normalized spacial score (nSPS) is 17.4. The summed E-state index contributed by atoms with van der Waals surface area (Å²) in [7, 11) is 4.01. The molecule has 0 unspecified atom stereocenters. The van der Waals surface area contributed by atoms with E-state index < -0.39 is 0 Å². The molecule has 1 aliphatic rings. The number of carbonyl (C=O) groups excluding carboxylic acids is 2. The van der Waals surface area contributed by atoms with Crippen molar-refractivity contribution >= 4 is 17.4 Å². The number of aromatic amines is 1. The van der Waals surface area contributed by atoms with Crippen molar-refractivity contribution in [3.05, 3.63) is 52.3 Å². The molecule has 5 heteroatoms. The summed E-state index contributed by atoms with van der Waals surface area (Å²) in [6.07, 6.45) is 1.80. The smallest absolute Gasteiger partial charge is 0.355 e. The van der Waals surface area contributed by atoms with E-state index in [0.29, 0.717) is 23.2 Å². The molecule has 2 aromatic rings. The summed E-state index contributed by atoms with van der Waals surface area (Å²) in [5, 5.41) is 0. The number of aromatic nitrogens is 1. The molecule has 0 saturated heterocycles. The molecular weight excluding hydrogens is 340 g/mol. The van der Waals surface area contributed by atoms with Crippen LogP contribution in [-0.4, -0.2) is 36.9 Å². The van der Waals surface area contributed by atoms with Crippen LogP contribution in [-0.2, 0) is 11.2 Å². The van der Waals surface area contributed by atoms with Crippen LogP contribution in [0.2, 0.25) is 0 Å². The number of Topliss-reactive ketones (excluding diaryl/α,β-unsaturated/α-hetero) is 1. The Morgan fingerprint density at radius 1 is 1.26 bits per heavy atom. The van der Waals surface area contributed by atoms with Gasteiger partial charge in [-0.3, -0.25) is 4.79 Å². The summed E-state index contributed by atoms with van der Waals surface area (Å²) in [6.45, 7) is 5.67. The molecule has 27 heavy (non-hydrogen) atoms. The molecule has 0 radical (unpaired) electrons. The molecule has 1 aromatic carbocycles.